The first-order valence-corrected chi connectivity index (χ1v) is 6.72. The highest BCUT2D eigenvalue weighted by molar-refractivity contribution is 4.98. The van der Waals surface area contributed by atoms with Crippen LogP contribution in [0.5, 0.6) is 0 Å². The maximum Gasteiger partial charge on any atom is 0.0686 e. The minimum Gasteiger partial charge on any atom is -0.377 e. The van der Waals surface area contributed by atoms with Gasteiger partial charge in [-0.1, -0.05) is 39.5 Å². The van der Waals surface area contributed by atoms with Crippen LogP contribution in [0, 0.1) is 11.8 Å². The molecule has 0 aromatic carbocycles. The topological polar surface area (TPSA) is 21.3 Å². The zero-order valence-corrected chi connectivity index (χ0v) is 11.5. The molecule has 98 valence electrons. The minimum absolute atomic E-state index is 0.509. The summed E-state index contributed by atoms with van der Waals surface area (Å²) in [6.45, 7) is 13.0. The van der Waals surface area contributed by atoms with Crippen LogP contribution in [-0.4, -0.2) is 25.8 Å². The summed E-state index contributed by atoms with van der Waals surface area (Å²) >= 11 is 0. The largest absolute Gasteiger partial charge is 0.377 e. The average Bonchev–Trinajstić information content (AvgIpc) is 2.29. The molecular weight excluding hydrogens is 210 g/mol. The van der Waals surface area contributed by atoms with Gasteiger partial charge in [0.2, 0.25) is 0 Å². The molecule has 0 radical (unpaired) electrons. The highest BCUT2D eigenvalue weighted by atomic mass is 16.5. The molecule has 1 rings (SSSR count). The van der Waals surface area contributed by atoms with E-state index in [1.807, 2.05) is 0 Å². The van der Waals surface area contributed by atoms with Gasteiger partial charge in [-0.05, 0) is 30.3 Å². The highest BCUT2D eigenvalue weighted by Gasteiger charge is 2.18. The summed E-state index contributed by atoms with van der Waals surface area (Å²) in [5.41, 5.74) is 1.14. The van der Waals surface area contributed by atoms with Crippen LogP contribution in [0.2, 0.25) is 0 Å². The van der Waals surface area contributed by atoms with Crippen molar-refractivity contribution in [1.82, 2.24) is 5.32 Å². The van der Waals surface area contributed by atoms with E-state index in [4.69, 9.17) is 4.74 Å². The Bertz CT molecular complexity index is 258. The molecule has 0 aromatic heterocycles. The van der Waals surface area contributed by atoms with E-state index in [9.17, 15) is 0 Å². The van der Waals surface area contributed by atoms with Gasteiger partial charge in [0.15, 0.2) is 0 Å². The standard InChI is InChI=1S/C15H27NO/c1-12(2)16-9-13(3)10-17-11-15-8-6-5-7-14(15)4/h5-6,12,14-16H,3,7-11H2,1-2,4H3. The molecule has 0 saturated carbocycles. The average molecular weight is 237 g/mol. The van der Waals surface area contributed by atoms with Crippen molar-refractivity contribution in [3.8, 4) is 0 Å². The Balaban J connectivity index is 2.10. The monoisotopic (exact) mass is 237 g/mol. The van der Waals surface area contributed by atoms with E-state index in [2.05, 4.69) is 44.8 Å². The summed E-state index contributed by atoms with van der Waals surface area (Å²) in [4.78, 5) is 0. The fraction of sp³-hybridized carbons (Fsp3) is 0.733. The molecule has 0 bridgehead atoms. The molecule has 17 heavy (non-hydrogen) atoms. The zero-order chi connectivity index (χ0) is 12.7. The van der Waals surface area contributed by atoms with Gasteiger partial charge in [0, 0.05) is 12.6 Å². The molecule has 2 nitrogen and oxygen atoms in total. The van der Waals surface area contributed by atoms with E-state index in [-0.39, 0.29) is 0 Å². The third-order valence-corrected chi connectivity index (χ3v) is 3.32. The third-order valence-electron chi connectivity index (χ3n) is 3.32. The number of ether oxygens (including phenoxy) is 1. The molecule has 0 spiro atoms. The molecule has 1 N–H and O–H groups in total. The van der Waals surface area contributed by atoms with Crippen LogP contribution in [0.15, 0.2) is 24.3 Å². The first kappa shape index (κ1) is 14.5. The smallest absolute Gasteiger partial charge is 0.0686 e. The van der Waals surface area contributed by atoms with Crippen molar-refractivity contribution in [2.45, 2.75) is 39.7 Å². The van der Waals surface area contributed by atoms with Crippen molar-refractivity contribution >= 4 is 0 Å². The predicted molar refractivity (Wildman–Crippen MR) is 74.1 cm³/mol. The SMILES string of the molecule is C=C(CNC(C)C)COCC1CC=CCC1C. The Morgan fingerprint density at radius 3 is 2.76 bits per heavy atom. The number of nitrogens with one attached hydrogen (secondary N) is 1. The Labute approximate surface area is 106 Å². The number of rotatable bonds is 7. The van der Waals surface area contributed by atoms with Crippen molar-refractivity contribution in [2.75, 3.05) is 19.8 Å². The third kappa shape index (κ3) is 6.04. The Morgan fingerprint density at radius 1 is 1.41 bits per heavy atom. The summed E-state index contributed by atoms with van der Waals surface area (Å²) in [5, 5.41) is 3.35. The second-order valence-electron chi connectivity index (χ2n) is 5.48. The van der Waals surface area contributed by atoms with Gasteiger partial charge in [-0.3, -0.25) is 0 Å². The lowest BCUT2D eigenvalue weighted by Crippen LogP contribution is -2.26. The van der Waals surface area contributed by atoms with Crippen LogP contribution >= 0.6 is 0 Å². The van der Waals surface area contributed by atoms with Crippen LogP contribution in [0.1, 0.15) is 33.6 Å². The van der Waals surface area contributed by atoms with Crippen LogP contribution in [0.25, 0.3) is 0 Å². The summed E-state index contributed by atoms with van der Waals surface area (Å²) in [5.74, 6) is 1.44. The predicted octanol–water partition coefficient (Wildman–Crippen LogP) is 3.16. The van der Waals surface area contributed by atoms with E-state index in [0.717, 1.165) is 31.1 Å². The first-order chi connectivity index (χ1) is 8.09. The fourth-order valence-electron chi connectivity index (χ4n) is 1.99. The van der Waals surface area contributed by atoms with Crippen molar-refractivity contribution in [3.05, 3.63) is 24.3 Å². The zero-order valence-electron chi connectivity index (χ0n) is 11.5. The van der Waals surface area contributed by atoms with Crippen molar-refractivity contribution < 1.29 is 4.74 Å². The summed E-state index contributed by atoms with van der Waals surface area (Å²) in [6, 6.07) is 0.509. The van der Waals surface area contributed by atoms with E-state index in [0.29, 0.717) is 18.6 Å². The van der Waals surface area contributed by atoms with Crippen LogP contribution in [0.4, 0.5) is 0 Å². The van der Waals surface area contributed by atoms with Crippen LogP contribution < -0.4 is 5.32 Å². The minimum atomic E-state index is 0.509. The second-order valence-corrected chi connectivity index (χ2v) is 5.48. The lowest BCUT2D eigenvalue weighted by Gasteiger charge is -2.25. The lowest BCUT2D eigenvalue weighted by atomic mass is 9.85. The van der Waals surface area contributed by atoms with Crippen molar-refractivity contribution in [3.63, 3.8) is 0 Å². The van der Waals surface area contributed by atoms with E-state index < -0.39 is 0 Å². The summed E-state index contributed by atoms with van der Waals surface area (Å²) in [7, 11) is 0. The summed E-state index contributed by atoms with van der Waals surface area (Å²) in [6.07, 6.45) is 6.93. The number of allylic oxidation sites excluding steroid dienone is 2. The van der Waals surface area contributed by atoms with Gasteiger partial charge in [-0.15, -0.1) is 0 Å². The van der Waals surface area contributed by atoms with Gasteiger partial charge in [0.1, 0.15) is 0 Å². The van der Waals surface area contributed by atoms with Crippen LogP contribution in [-0.2, 0) is 4.74 Å². The summed E-state index contributed by atoms with van der Waals surface area (Å²) < 4.78 is 5.76. The molecule has 2 atom stereocenters. The molecule has 2 unspecified atom stereocenters. The van der Waals surface area contributed by atoms with Crippen LogP contribution in [0.3, 0.4) is 0 Å². The molecule has 0 amide bonds. The van der Waals surface area contributed by atoms with E-state index in [1.165, 1.54) is 6.42 Å². The maximum absolute atomic E-state index is 5.76. The van der Waals surface area contributed by atoms with E-state index >= 15 is 0 Å². The van der Waals surface area contributed by atoms with Gasteiger partial charge >= 0.3 is 0 Å². The van der Waals surface area contributed by atoms with Crippen molar-refractivity contribution in [1.29, 1.82) is 0 Å². The molecule has 0 saturated heterocycles. The lowest BCUT2D eigenvalue weighted by molar-refractivity contribution is 0.0937. The molecule has 1 aliphatic rings. The quantitative estimate of drug-likeness (QED) is 0.687. The molecule has 2 heteroatoms. The Kier molecular flexibility index (Phi) is 6.53. The molecule has 0 heterocycles. The molecule has 0 fully saturated rings. The van der Waals surface area contributed by atoms with Crippen molar-refractivity contribution in [2.24, 2.45) is 11.8 Å². The van der Waals surface area contributed by atoms with E-state index in [1.54, 1.807) is 0 Å². The number of hydrogen-bond donors (Lipinski definition) is 1. The first-order valence-electron chi connectivity index (χ1n) is 6.72. The Morgan fingerprint density at radius 2 is 2.12 bits per heavy atom. The normalized spacial score (nSPS) is 24.2. The second kappa shape index (κ2) is 7.67. The molecule has 1 aliphatic carbocycles. The van der Waals surface area contributed by atoms with Gasteiger partial charge < -0.3 is 10.1 Å². The number of hydrogen-bond acceptors (Lipinski definition) is 2. The van der Waals surface area contributed by atoms with Gasteiger partial charge in [0.05, 0.1) is 13.2 Å². The van der Waals surface area contributed by atoms with Gasteiger partial charge in [-0.2, -0.15) is 0 Å². The fourth-order valence-corrected chi connectivity index (χ4v) is 1.99. The van der Waals surface area contributed by atoms with Gasteiger partial charge in [0.25, 0.3) is 0 Å². The van der Waals surface area contributed by atoms with Gasteiger partial charge in [-0.25, -0.2) is 0 Å². The molecule has 0 aromatic rings. The maximum atomic E-state index is 5.76. The Hall–Kier alpha value is -0.600. The molecule has 0 aliphatic heterocycles. The highest BCUT2D eigenvalue weighted by Crippen LogP contribution is 2.25. The molecular formula is C15H27NO.